The van der Waals surface area contributed by atoms with Crippen LogP contribution >= 0.6 is 0 Å². The van der Waals surface area contributed by atoms with E-state index in [-0.39, 0.29) is 24.1 Å². The van der Waals surface area contributed by atoms with E-state index in [0.29, 0.717) is 24.7 Å². The number of nitrogens with zero attached hydrogens (tertiary/aromatic N) is 4. The lowest BCUT2D eigenvalue weighted by molar-refractivity contribution is -0.163. The van der Waals surface area contributed by atoms with Crippen LogP contribution in [0.1, 0.15) is 44.9 Å². The molecule has 37 heavy (non-hydrogen) atoms. The predicted molar refractivity (Wildman–Crippen MR) is 142 cm³/mol. The van der Waals surface area contributed by atoms with Gasteiger partial charge in [0, 0.05) is 30.0 Å². The lowest BCUT2D eigenvalue weighted by atomic mass is 10.1. The first-order chi connectivity index (χ1) is 18.0. The molecule has 1 saturated carbocycles. The number of benzene rings is 1. The van der Waals surface area contributed by atoms with Crippen LogP contribution in [0.25, 0.3) is 11.1 Å². The van der Waals surface area contributed by atoms with Gasteiger partial charge in [-0.3, -0.25) is 9.48 Å². The highest BCUT2D eigenvalue weighted by Gasteiger charge is 2.19. The molecular weight excluding hydrogens is 472 g/mol. The molecule has 11 nitrogen and oxygen atoms in total. The number of aromatic nitrogens is 4. The van der Waals surface area contributed by atoms with Gasteiger partial charge in [-0.2, -0.15) is 10.1 Å². The van der Waals surface area contributed by atoms with Crippen LogP contribution in [-0.4, -0.2) is 45.2 Å². The van der Waals surface area contributed by atoms with Crippen LogP contribution in [0.15, 0.2) is 42.9 Å². The molecule has 3 aromatic rings. The molecular formula is C26H36N8O3. The number of amides is 1. The second-order valence-corrected chi connectivity index (χ2v) is 9.28. The van der Waals surface area contributed by atoms with Crippen LogP contribution in [-0.2, 0) is 20.8 Å². The largest absolute Gasteiger partial charge is 0.394 e. The standard InChI is InChI=1S/C20H25N7O2.C6H11NO/c21-17-12-23-20(22)26-19(17)25-16-6-4-14(5-7-16)15-11-24-27(13-15)8-10-29-18-3-1-2-9-28-18;7-6(8)5-3-1-2-4-5/h4-7,11-13,18H,1-3,8-10,21H2,(H3,22,23,25,26);5H,1-4H2,(H2,7,8). The lowest BCUT2D eigenvalue weighted by Gasteiger charge is -2.22. The Kier molecular flexibility index (Phi) is 9.28. The summed E-state index contributed by atoms with van der Waals surface area (Å²) in [6.07, 6.45) is 13.0. The van der Waals surface area contributed by atoms with E-state index in [1.807, 2.05) is 41.3 Å². The van der Waals surface area contributed by atoms with Gasteiger partial charge in [0.25, 0.3) is 0 Å². The van der Waals surface area contributed by atoms with Gasteiger partial charge in [-0.05, 0) is 49.8 Å². The van der Waals surface area contributed by atoms with Crippen LogP contribution in [0.5, 0.6) is 0 Å². The van der Waals surface area contributed by atoms with Crippen LogP contribution in [0.2, 0.25) is 0 Å². The number of anilines is 4. The van der Waals surface area contributed by atoms with Crippen molar-refractivity contribution >= 4 is 29.0 Å². The maximum absolute atomic E-state index is 10.4. The number of nitrogens with one attached hydrogen (secondary N) is 1. The molecule has 0 radical (unpaired) electrons. The quantitative estimate of drug-likeness (QED) is 0.356. The van der Waals surface area contributed by atoms with E-state index in [1.54, 1.807) is 0 Å². The Morgan fingerprint density at radius 2 is 1.81 bits per heavy atom. The third-order valence-electron chi connectivity index (χ3n) is 6.47. The van der Waals surface area contributed by atoms with Gasteiger partial charge < -0.3 is 32.0 Å². The Bertz CT molecular complexity index is 1140. The second kappa shape index (κ2) is 13.0. The maximum atomic E-state index is 10.4. The van der Waals surface area contributed by atoms with Crippen LogP contribution < -0.4 is 22.5 Å². The summed E-state index contributed by atoms with van der Waals surface area (Å²) in [6, 6.07) is 7.93. The fourth-order valence-corrected chi connectivity index (χ4v) is 4.35. The molecule has 1 aromatic carbocycles. The zero-order chi connectivity index (χ0) is 26.0. The third kappa shape index (κ3) is 7.89. The van der Waals surface area contributed by atoms with Gasteiger partial charge in [0.05, 0.1) is 31.2 Å². The lowest BCUT2D eigenvalue weighted by Crippen LogP contribution is -2.24. The fourth-order valence-electron chi connectivity index (χ4n) is 4.35. The SMILES string of the molecule is NC(=O)C1CCCC1.Nc1ncc(N)c(Nc2ccc(-c3cnn(CCOC4CCCCO4)c3)cc2)n1. The van der Waals surface area contributed by atoms with Crippen molar-refractivity contribution in [1.82, 2.24) is 19.7 Å². The minimum atomic E-state index is -0.109. The van der Waals surface area contributed by atoms with Gasteiger partial charge in [-0.25, -0.2) is 4.98 Å². The van der Waals surface area contributed by atoms with Crippen molar-refractivity contribution in [2.45, 2.75) is 57.8 Å². The molecule has 11 heteroatoms. The smallest absolute Gasteiger partial charge is 0.222 e. The monoisotopic (exact) mass is 508 g/mol. The first-order valence-electron chi connectivity index (χ1n) is 12.8. The van der Waals surface area contributed by atoms with E-state index in [1.165, 1.54) is 25.5 Å². The number of nitrogens with two attached hydrogens (primary N) is 3. The van der Waals surface area contributed by atoms with E-state index in [2.05, 4.69) is 20.4 Å². The molecule has 1 aliphatic heterocycles. The van der Waals surface area contributed by atoms with E-state index < -0.39 is 0 Å². The molecule has 198 valence electrons. The number of ether oxygens (including phenoxy) is 2. The van der Waals surface area contributed by atoms with Crippen LogP contribution in [0.4, 0.5) is 23.1 Å². The zero-order valence-electron chi connectivity index (χ0n) is 21.0. The van der Waals surface area contributed by atoms with E-state index >= 15 is 0 Å². The third-order valence-corrected chi connectivity index (χ3v) is 6.47. The Hall–Kier alpha value is -3.70. The fraction of sp³-hybridized carbons (Fsp3) is 0.462. The second-order valence-electron chi connectivity index (χ2n) is 9.28. The highest BCUT2D eigenvalue weighted by atomic mass is 16.7. The highest BCUT2D eigenvalue weighted by molar-refractivity contribution is 5.76. The van der Waals surface area contributed by atoms with Gasteiger partial charge in [-0.15, -0.1) is 0 Å². The number of carbonyl (C=O) groups is 1. The summed E-state index contributed by atoms with van der Waals surface area (Å²) in [5.41, 5.74) is 19.9. The first-order valence-corrected chi connectivity index (χ1v) is 12.8. The van der Waals surface area contributed by atoms with Crippen molar-refractivity contribution in [3.63, 3.8) is 0 Å². The summed E-state index contributed by atoms with van der Waals surface area (Å²) < 4.78 is 13.2. The van der Waals surface area contributed by atoms with Crippen molar-refractivity contribution in [2.24, 2.45) is 11.7 Å². The van der Waals surface area contributed by atoms with Gasteiger partial charge in [0.15, 0.2) is 12.1 Å². The maximum Gasteiger partial charge on any atom is 0.222 e. The van der Waals surface area contributed by atoms with Crippen molar-refractivity contribution in [3.05, 3.63) is 42.9 Å². The number of hydrogen-bond donors (Lipinski definition) is 4. The van der Waals surface area contributed by atoms with Gasteiger partial charge in [0.1, 0.15) is 0 Å². The molecule has 1 unspecified atom stereocenters. The average molecular weight is 509 g/mol. The molecule has 7 N–H and O–H groups in total. The topological polar surface area (TPSA) is 169 Å². The number of carbonyl (C=O) groups excluding carboxylic acids is 1. The van der Waals surface area contributed by atoms with E-state index in [4.69, 9.17) is 26.7 Å². The highest BCUT2D eigenvalue weighted by Crippen LogP contribution is 2.25. The summed E-state index contributed by atoms with van der Waals surface area (Å²) in [6.45, 7) is 2.06. The molecule has 2 aliphatic rings. The number of nitrogen functional groups attached to an aromatic ring is 2. The molecule has 5 rings (SSSR count). The number of hydrogen-bond acceptors (Lipinski definition) is 9. The number of primary amides is 1. The van der Waals surface area contributed by atoms with Crippen molar-refractivity contribution in [3.8, 4) is 11.1 Å². The molecule has 1 aliphatic carbocycles. The van der Waals surface area contributed by atoms with Gasteiger partial charge >= 0.3 is 0 Å². The van der Waals surface area contributed by atoms with Crippen LogP contribution in [0, 0.1) is 5.92 Å². The Morgan fingerprint density at radius 1 is 1.05 bits per heavy atom. The Labute approximate surface area is 216 Å². The van der Waals surface area contributed by atoms with Crippen LogP contribution in [0.3, 0.4) is 0 Å². The summed E-state index contributed by atoms with van der Waals surface area (Å²) in [5, 5.41) is 7.57. The van der Waals surface area contributed by atoms with Crippen molar-refractivity contribution < 1.29 is 14.3 Å². The normalized spacial score (nSPS) is 17.7. The molecule has 2 fully saturated rings. The molecule has 1 atom stereocenters. The summed E-state index contributed by atoms with van der Waals surface area (Å²) >= 11 is 0. The van der Waals surface area contributed by atoms with Gasteiger partial charge in [-0.1, -0.05) is 25.0 Å². The molecule has 1 saturated heterocycles. The first kappa shape index (κ1) is 26.4. The predicted octanol–water partition coefficient (Wildman–Crippen LogP) is 3.45. The summed E-state index contributed by atoms with van der Waals surface area (Å²) in [4.78, 5) is 18.4. The van der Waals surface area contributed by atoms with Crippen molar-refractivity contribution in [1.29, 1.82) is 0 Å². The molecule has 0 spiro atoms. The molecule has 1 amide bonds. The molecule has 2 aromatic heterocycles. The zero-order valence-corrected chi connectivity index (χ0v) is 21.0. The molecule has 3 heterocycles. The van der Waals surface area contributed by atoms with Crippen molar-refractivity contribution in [2.75, 3.05) is 30.0 Å². The summed E-state index contributed by atoms with van der Waals surface area (Å²) in [7, 11) is 0. The Balaban J connectivity index is 0.000000342. The summed E-state index contributed by atoms with van der Waals surface area (Å²) in [5.74, 6) is 0.752. The average Bonchev–Trinajstić information content (AvgIpc) is 3.61. The minimum absolute atomic E-state index is 0.0712. The van der Waals surface area contributed by atoms with E-state index in [0.717, 1.165) is 49.1 Å². The molecule has 0 bridgehead atoms. The number of rotatable bonds is 8. The van der Waals surface area contributed by atoms with Gasteiger partial charge in [0.2, 0.25) is 11.9 Å². The Morgan fingerprint density at radius 3 is 2.49 bits per heavy atom. The van der Waals surface area contributed by atoms with E-state index in [9.17, 15) is 4.79 Å². The minimum Gasteiger partial charge on any atom is -0.394 e.